The Morgan fingerprint density at radius 3 is 1.56 bits per heavy atom. The third-order valence-corrected chi connectivity index (χ3v) is 4.45. The molecule has 0 saturated carbocycles. The minimum Gasteiger partial charge on any atom is -0.385 e. The van der Waals surface area contributed by atoms with E-state index in [9.17, 15) is 67.0 Å². The van der Waals surface area contributed by atoms with Crippen molar-refractivity contribution in [2.24, 2.45) is 0 Å². The van der Waals surface area contributed by atoms with Crippen LogP contribution in [0, 0.1) is 0 Å². The van der Waals surface area contributed by atoms with Gasteiger partial charge in [0.2, 0.25) is 0 Å². The van der Waals surface area contributed by atoms with Gasteiger partial charge < -0.3 is 5.11 Å². The number of hydrogen-bond acceptors (Lipinski definition) is 2. The Labute approximate surface area is 171 Å². The minimum atomic E-state index is -8.02. The molecule has 1 rings (SSSR count). The van der Waals surface area contributed by atoms with Crippen LogP contribution < -0.4 is 0 Å². The summed E-state index contributed by atoms with van der Waals surface area (Å²) >= 11 is 0. The first-order valence-corrected chi connectivity index (χ1v) is 8.17. The third-order valence-electron chi connectivity index (χ3n) is 4.45. The summed E-state index contributed by atoms with van der Waals surface area (Å²) in [5.74, 6) is -38.7. The van der Waals surface area contributed by atoms with Gasteiger partial charge in [-0.15, -0.1) is 0 Å². The highest BCUT2D eigenvalue weighted by molar-refractivity contribution is 5.95. The summed E-state index contributed by atoms with van der Waals surface area (Å²) in [4.78, 5) is 11.5. The van der Waals surface area contributed by atoms with E-state index >= 15 is 0 Å². The topological polar surface area (TPSA) is 37.3 Å². The molecule has 2 nitrogen and oxygen atoms in total. The van der Waals surface area contributed by atoms with Crippen LogP contribution >= 0.6 is 0 Å². The number of Topliss-reactive ketones (excluding diaryl/α,β-unsaturated/α-hetero) is 1. The van der Waals surface area contributed by atoms with Gasteiger partial charge in [0, 0.05) is 5.56 Å². The highest BCUT2D eigenvalue weighted by atomic mass is 19.4. The molecule has 0 amide bonds. The van der Waals surface area contributed by atoms with E-state index < -0.39 is 64.7 Å². The van der Waals surface area contributed by atoms with Gasteiger partial charge in [-0.2, -0.15) is 57.1 Å². The molecule has 0 saturated heterocycles. The van der Waals surface area contributed by atoms with Crippen molar-refractivity contribution in [3.05, 3.63) is 35.4 Å². The van der Waals surface area contributed by atoms with Crippen molar-refractivity contribution in [1.82, 2.24) is 0 Å². The summed E-state index contributed by atoms with van der Waals surface area (Å²) in [6.45, 7) is 1.12. The number of halogens is 13. The maximum absolute atomic E-state index is 14.1. The molecule has 1 atom stereocenters. The molecule has 1 unspecified atom stereocenters. The van der Waals surface area contributed by atoms with Crippen LogP contribution in [-0.4, -0.2) is 46.7 Å². The van der Waals surface area contributed by atoms with Gasteiger partial charge in [0.1, 0.15) is 0 Å². The van der Waals surface area contributed by atoms with Crippen molar-refractivity contribution in [2.45, 2.75) is 61.7 Å². The summed E-state index contributed by atoms with van der Waals surface area (Å²) in [5, 5.41) is 10.1. The van der Waals surface area contributed by atoms with E-state index in [0.717, 1.165) is 31.2 Å². The van der Waals surface area contributed by atoms with Crippen LogP contribution in [0.25, 0.3) is 0 Å². The lowest BCUT2D eigenvalue weighted by molar-refractivity contribution is -0.441. The fourth-order valence-electron chi connectivity index (χ4n) is 2.70. The Morgan fingerprint density at radius 2 is 1.16 bits per heavy atom. The van der Waals surface area contributed by atoms with Crippen LogP contribution in [0.5, 0.6) is 0 Å². The standard InChI is InChI=1S/C17H13F13O2/c1-8(31)9-5-3-4-6-10(9)11(2,32)7-12(18,19)13(20,21)14(22,23)15(24,25)16(26,27)17(28,29)30/h3-6,32H,7H2,1-2H3. The number of aliphatic hydroxyl groups is 1. The van der Waals surface area contributed by atoms with Crippen molar-refractivity contribution in [1.29, 1.82) is 0 Å². The molecule has 0 aliphatic carbocycles. The van der Waals surface area contributed by atoms with E-state index in [2.05, 4.69) is 0 Å². The SMILES string of the molecule is CC(=O)c1ccccc1C(C)(O)CC(F)(F)C(F)(F)C(F)(F)C(F)(F)C(F)(F)C(F)(F)F. The molecule has 0 aliphatic heterocycles. The average Bonchev–Trinajstić information content (AvgIpc) is 2.59. The van der Waals surface area contributed by atoms with Crippen molar-refractivity contribution >= 4 is 5.78 Å². The predicted molar refractivity (Wildman–Crippen MR) is 81.4 cm³/mol. The van der Waals surface area contributed by atoms with Crippen LogP contribution in [0.3, 0.4) is 0 Å². The molecule has 184 valence electrons. The van der Waals surface area contributed by atoms with Gasteiger partial charge in [0.25, 0.3) is 0 Å². The summed E-state index contributed by atoms with van der Waals surface area (Å²) in [7, 11) is 0. The quantitative estimate of drug-likeness (QED) is 0.343. The van der Waals surface area contributed by atoms with E-state index in [1.54, 1.807) is 0 Å². The number of benzene rings is 1. The Morgan fingerprint density at radius 1 is 0.750 bits per heavy atom. The van der Waals surface area contributed by atoms with Gasteiger partial charge in [-0.05, 0) is 19.4 Å². The maximum atomic E-state index is 14.1. The molecule has 1 aromatic carbocycles. The van der Waals surface area contributed by atoms with Gasteiger partial charge in [0.05, 0.1) is 12.0 Å². The molecular weight excluding hydrogens is 483 g/mol. The monoisotopic (exact) mass is 496 g/mol. The molecule has 1 N–H and O–H groups in total. The molecule has 15 heteroatoms. The van der Waals surface area contributed by atoms with E-state index in [-0.39, 0.29) is 0 Å². The molecular formula is C17H13F13O2. The lowest BCUT2D eigenvalue weighted by Gasteiger charge is -2.41. The Bertz CT molecular complexity index is 856. The van der Waals surface area contributed by atoms with Crippen molar-refractivity contribution < 1.29 is 67.0 Å². The van der Waals surface area contributed by atoms with Gasteiger partial charge in [-0.3, -0.25) is 4.79 Å². The lowest BCUT2D eigenvalue weighted by Crippen LogP contribution is -2.70. The number of ketones is 1. The number of alkyl halides is 13. The van der Waals surface area contributed by atoms with Gasteiger partial charge in [0.15, 0.2) is 5.78 Å². The van der Waals surface area contributed by atoms with Crippen LogP contribution in [0.4, 0.5) is 57.1 Å². The van der Waals surface area contributed by atoms with Crippen LogP contribution in [0.1, 0.15) is 36.2 Å². The highest BCUT2D eigenvalue weighted by Gasteiger charge is 2.90. The lowest BCUT2D eigenvalue weighted by atomic mass is 9.82. The van der Waals surface area contributed by atoms with Crippen molar-refractivity contribution in [3.8, 4) is 0 Å². The average molecular weight is 496 g/mol. The predicted octanol–water partition coefficient (Wildman–Crippen LogP) is 6.23. The molecule has 0 fully saturated rings. The second-order valence-electron chi connectivity index (χ2n) is 7.05. The van der Waals surface area contributed by atoms with E-state index in [0.29, 0.717) is 6.92 Å². The van der Waals surface area contributed by atoms with Gasteiger partial charge >= 0.3 is 35.8 Å². The number of hydrogen-bond donors (Lipinski definition) is 1. The van der Waals surface area contributed by atoms with Crippen molar-refractivity contribution in [2.75, 3.05) is 0 Å². The summed E-state index contributed by atoms with van der Waals surface area (Å²) in [6.07, 6.45) is -10.4. The largest absolute Gasteiger partial charge is 0.460 e. The highest BCUT2D eigenvalue weighted by Crippen LogP contribution is 2.61. The molecule has 0 aromatic heterocycles. The molecule has 0 heterocycles. The third kappa shape index (κ3) is 4.15. The van der Waals surface area contributed by atoms with Crippen molar-refractivity contribution in [3.63, 3.8) is 0 Å². The van der Waals surface area contributed by atoms with Crippen LogP contribution in [0.2, 0.25) is 0 Å². The fourth-order valence-corrected chi connectivity index (χ4v) is 2.70. The Balaban J connectivity index is 3.54. The smallest absolute Gasteiger partial charge is 0.385 e. The Kier molecular flexibility index (Phi) is 6.79. The molecule has 0 spiro atoms. The zero-order chi connectivity index (χ0) is 25.8. The number of rotatable bonds is 8. The molecule has 1 aromatic rings. The summed E-state index contributed by atoms with van der Waals surface area (Å²) in [6, 6.07) is 3.72. The second kappa shape index (κ2) is 7.76. The van der Waals surface area contributed by atoms with Gasteiger partial charge in [-0.1, -0.05) is 24.3 Å². The molecule has 32 heavy (non-hydrogen) atoms. The van der Waals surface area contributed by atoms with E-state index in [1.807, 2.05) is 0 Å². The fraction of sp³-hybridized carbons (Fsp3) is 0.588. The molecule has 0 aliphatic rings. The first kappa shape index (κ1) is 28.0. The molecule has 0 radical (unpaired) electrons. The first-order valence-electron chi connectivity index (χ1n) is 8.17. The molecule has 0 bridgehead atoms. The zero-order valence-corrected chi connectivity index (χ0v) is 15.8. The first-order chi connectivity index (χ1) is 13.9. The normalized spacial score (nSPS) is 16.6. The second-order valence-corrected chi connectivity index (χ2v) is 7.05. The van der Waals surface area contributed by atoms with Crippen LogP contribution in [0.15, 0.2) is 24.3 Å². The number of carbonyl (C=O) groups excluding carboxylic acids is 1. The number of carbonyl (C=O) groups is 1. The van der Waals surface area contributed by atoms with E-state index in [4.69, 9.17) is 0 Å². The maximum Gasteiger partial charge on any atom is 0.460 e. The van der Waals surface area contributed by atoms with Gasteiger partial charge in [-0.25, -0.2) is 0 Å². The minimum absolute atomic E-state index is 0.291. The zero-order valence-electron chi connectivity index (χ0n) is 15.8. The Hall–Kier alpha value is -2.06. The van der Waals surface area contributed by atoms with Crippen LogP contribution in [-0.2, 0) is 5.60 Å². The summed E-state index contributed by atoms with van der Waals surface area (Å²) < 4.78 is 172. The van der Waals surface area contributed by atoms with E-state index in [1.165, 1.54) is 0 Å². The summed E-state index contributed by atoms with van der Waals surface area (Å²) in [5.41, 5.74) is -4.75.